The van der Waals surface area contributed by atoms with Crippen molar-refractivity contribution in [3.05, 3.63) is 33.3 Å². The molecule has 0 radical (unpaired) electrons. The van der Waals surface area contributed by atoms with Gasteiger partial charge in [0.1, 0.15) is 0 Å². The van der Waals surface area contributed by atoms with E-state index in [9.17, 15) is 0 Å². The van der Waals surface area contributed by atoms with Gasteiger partial charge in [-0.3, -0.25) is 0 Å². The van der Waals surface area contributed by atoms with Gasteiger partial charge in [0, 0.05) is 15.5 Å². The summed E-state index contributed by atoms with van der Waals surface area (Å²) in [5.74, 6) is 0. The fraction of sp³-hybridized carbons (Fsp3) is 0.500. The van der Waals surface area contributed by atoms with E-state index in [1.807, 2.05) is 18.2 Å². The molecular formula is C12H18BrClN2. The Kier molecular flexibility index (Phi) is 5.76. The fourth-order valence-corrected chi connectivity index (χ4v) is 2.25. The maximum Gasteiger partial charge on any atom is 0.0449 e. The van der Waals surface area contributed by atoms with Gasteiger partial charge in [0.05, 0.1) is 0 Å². The molecule has 0 heterocycles. The molecule has 0 aromatic heterocycles. The highest BCUT2D eigenvalue weighted by atomic mass is 79.9. The van der Waals surface area contributed by atoms with E-state index < -0.39 is 0 Å². The Morgan fingerprint density at radius 2 is 2.12 bits per heavy atom. The highest BCUT2D eigenvalue weighted by Crippen LogP contribution is 2.22. The van der Waals surface area contributed by atoms with Gasteiger partial charge in [0.2, 0.25) is 0 Å². The molecule has 1 aromatic rings. The summed E-state index contributed by atoms with van der Waals surface area (Å²) in [7, 11) is 4.11. The Morgan fingerprint density at radius 3 is 2.69 bits per heavy atom. The number of nitrogens with two attached hydrogens (primary N) is 1. The molecule has 1 atom stereocenters. The lowest BCUT2D eigenvalue weighted by Crippen LogP contribution is -2.28. The number of hydrogen-bond donors (Lipinski definition) is 1. The second-order valence-electron chi connectivity index (χ2n) is 4.29. The van der Waals surface area contributed by atoms with Crippen LogP contribution in [0, 0.1) is 0 Å². The minimum absolute atomic E-state index is 0.168. The molecule has 0 saturated carbocycles. The molecule has 0 amide bonds. The van der Waals surface area contributed by atoms with Gasteiger partial charge >= 0.3 is 0 Å². The molecule has 16 heavy (non-hydrogen) atoms. The molecule has 0 aliphatic rings. The zero-order chi connectivity index (χ0) is 12.1. The van der Waals surface area contributed by atoms with Crippen molar-refractivity contribution in [3.63, 3.8) is 0 Å². The average Bonchev–Trinajstić information content (AvgIpc) is 2.19. The molecule has 0 spiro atoms. The Balaban J connectivity index is 2.52. The van der Waals surface area contributed by atoms with Crippen LogP contribution in [0.25, 0.3) is 0 Å². The van der Waals surface area contributed by atoms with E-state index in [2.05, 4.69) is 34.9 Å². The van der Waals surface area contributed by atoms with Gasteiger partial charge in [-0.15, -0.1) is 0 Å². The van der Waals surface area contributed by atoms with E-state index in [1.165, 1.54) is 0 Å². The topological polar surface area (TPSA) is 29.3 Å². The van der Waals surface area contributed by atoms with Crippen LogP contribution in [0.5, 0.6) is 0 Å². The van der Waals surface area contributed by atoms with Gasteiger partial charge < -0.3 is 10.6 Å². The van der Waals surface area contributed by atoms with Crippen LogP contribution >= 0.6 is 27.5 Å². The largest absolute Gasteiger partial charge is 0.327 e. The molecule has 0 bridgehead atoms. The lowest BCUT2D eigenvalue weighted by Gasteiger charge is -2.15. The van der Waals surface area contributed by atoms with Gasteiger partial charge in [-0.05, 0) is 51.2 Å². The van der Waals surface area contributed by atoms with Crippen LogP contribution in [-0.2, 0) is 6.42 Å². The summed E-state index contributed by atoms with van der Waals surface area (Å²) in [5.41, 5.74) is 7.19. The summed E-state index contributed by atoms with van der Waals surface area (Å²) in [6.45, 7) is 1.01. The third-order valence-corrected chi connectivity index (χ3v) is 3.29. The predicted octanol–water partition coefficient (Wildman–Crippen LogP) is 2.92. The number of nitrogens with zero attached hydrogens (tertiary/aromatic N) is 1. The summed E-state index contributed by atoms with van der Waals surface area (Å²) < 4.78 is 1.00. The zero-order valence-corrected chi connectivity index (χ0v) is 12.1. The minimum Gasteiger partial charge on any atom is -0.327 e. The molecular weight excluding hydrogens is 288 g/mol. The highest BCUT2D eigenvalue weighted by Gasteiger charge is 2.08. The molecule has 1 unspecified atom stereocenters. The van der Waals surface area contributed by atoms with Crippen LogP contribution in [0.1, 0.15) is 12.0 Å². The standard InChI is InChI=1S/C12H18BrClN2/c1-16(2)6-5-11(15)7-9-3-4-10(13)8-12(9)14/h3-4,8,11H,5-7,15H2,1-2H3. The van der Waals surface area contributed by atoms with E-state index in [-0.39, 0.29) is 6.04 Å². The van der Waals surface area contributed by atoms with Crippen LogP contribution in [0.2, 0.25) is 5.02 Å². The zero-order valence-electron chi connectivity index (χ0n) is 9.71. The first-order valence-electron chi connectivity index (χ1n) is 5.33. The Hall–Kier alpha value is -0.0900. The van der Waals surface area contributed by atoms with E-state index in [0.29, 0.717) is 0 Å². The lowest BCUT2D eigenvalue weighted by molar-refractivity contribution is 0.379. The molecule has 0 aliphatic carbocycles. The SMILES string of the molecule is CN(C)CCC(N)Cc1ccc(Br)cc1Cl. The van der Waals surface area contributed by atoms with Crippen molar-refractivity contribution in [1.82, 2.24) is 4.90 Å². The van der Waals surface area contributed by atoms with Gasteiger partial charge in [-0.2, -0.15) is 0 Å². The van der Waals surface area contributed by atoms with Crippen molar-refractivity contribution in [2.45, 2.75) is 18.9 Å². The van der Waals surface area contributed by atoms with Crippen LogP contribution in [0.15, 0.2) is 22.7 Å². The maximum atomic E-state index is 6.14. The molecule has 1 rings (SSSR count). The molecule has 2 nitrogen and oxygen atoms in total. The number of rotatable bonds is 5. The first-order chi connectivity index (χ1) is 7.49. The quantitative estimate of drug-likeness (QED) is 0.906. The summed E-state index contributed by atoms with van der Waals surface area (Å²) >= 11 is 9.53. The first-order valence-corrected chi connectivity index (χ1v) is 6.50. The van der Waals surface area contributed by atoms with E-state index in [0.717, 1.165) is 34.4 Å². The summed E-state index contributed by atoms with van der Waals surface area (Å²) in [5, 5.41) is 0.787. The van der Waals surface area contributed by atoms with Crippen molar-refractivity contribution < 1.29 is 0 Å². The summed E-state index contributed by atoms with van der Waals surface area (Å²) in [6.07, 6.45) is 1.82. The van der Waals surface area contributed by atoms with Gasteiger partial charge in [-0.1, -0.05) is 33.6 Å². The van der Waals surface area contributed by atoms with Crippen molar-refractivity contribution in [2.24, 2.45) is 5.73 Å². The normalized spacial score (nSPS) is 13.1. The van der Waals surface area contributed by atoms with Crippen molar-refractivity contribution in [2.75, 3.05) is 20.6 Å². The molecule has 0 aliphatic heterocycles. The van der Waals surface area contributed by atoms with Gasteiger partial charge in [-0.25, -0.2) is 0 Å². The van der Waals surface area contributed by atoms with E-state index in [1.54, 1.807) is 0 Å². The molecule has 0 saturated heterocycles. The van der Waals surface area contributed by atoms with E-state index >= 15 is 0 Å². The fourth-order valence-electron chi connectivity index (χ4n) is 1.50. The third-order valence-electron chi connectivity index (χ3n) is 2.44. The van der Waals surface area contributed by atoms with Crippen molar-refractivity contribution in [1.29, 1.82) is 0 Å². The van der Waals surface area contributed by atoms with Gasteiger partial charge in [0.15, 0.2) is 0 Å². The molecule has 1 aromatic carbocycles. The second-order valence-corrected chi connectivity index (χ2v) is 5.61. The Labute approximate surface area is 111 Å². The number of benzene rings is 1. The number of hydrogen-bond acceptors (Lipinski definition) is 2. The lowest BCUT2D eigenvalue weighted by atomic mass is 10.0. The summed E-state index contributed by atoms with van der Waals surface area (Å²) in [4.78, 5) is 2.14. The molecule has 0 fully saturated rings. The van der Waals surface area contributed by atoms with Crippen molar-refractivity contribution >= 4 is 27.5 Å². The Bertz CT molecular complexity index is 342. The van der Waals surface area contributed by atoms with Gasteiger partial charge in [0.25, 0.3) is 0 Å². The number of halogens is 2. The first kappa shape index (κ1) is 14.0. The second kappa shape index (κ2) is 6.60. The smallest absolute Gasteiger partial charge is 0.0449 e. The predicted molar refractivity (Wildman–Crippen MR) is 74.0 cm³/mol. The highest BCUT2D eigenvalue weighted by molar-refractivity contribution is 9.10. The third kappa shape index (κ3) is 4.83. The van der Waals surface area contributed by atoms with Crippen LogP contribution in [0.3, 0.4) is 0 Å². The van der Waals surface area contributed by atoms with Crippen LogP contribution < -0.4 is 5.73 Å². The van der Waals surface area contributed by atoms with Crippen molar-refractivity contribution in [3.8, 4) is 0 Å². The molecule has 4 heteroatoms. The Morgan fingerprint density at radius 1 is 1.44 bits per heavy atom. The average molecular weight is 306 g/mol. The monoisotopic (exact) mass is 304 g/mol. The van der Waals surface area contributed by atoms with E-state index in [4.69, 9.17) is 17.3 Å². The molecule has 90 valence electrons. The maximum absolute atomic E-state index is 6.14. The minimum atomic E-state index is 0.168. The molecule has 2 N–H and O–H groups in total. The van der Waals surface area contributed by atoms with Crippen LogP contribution in [-0.4, -0.2) is 31.6 Å². The summed E-state index contributed by atoms with van der Waals surface area (Å²) in [6, 6.07) is 6.11. The van der Waals surface area contributed by atoms with Crippen LogP contribution in [0.4, 0.5) is 0 Å².